The number of hydrogen-bond donors (Lipinski definition) is 1. The molecule has 1 N–H and O–H groups in total. The van der Waals surface area contributed by atoms with Crippen LogP contribution in [0.1, 0.15) is 24.7 Å². The van der Waals surface area contributed by atoms with Crippen LogP contribution in [0.2, 0.25) is 0 Å². The Labute approximate surface area is 95.6 Å². The van der Waals surface area contributed by atoms with Crippen molar-refractivity contribution < 1.29 is 0 Å². The number of hydrogen-bond acceptors (Lipinski definition) is 3. The first-order chi connectivity index (χ1) is 7.09. The average molecular weight is 225 g/mol. The lowest BCUT2D eigenvalue weighted by Crippen LogP contribution is -2.25. The molecule has 1 saturated heterocycles. The molecule has 2 rings (SSSR count). The highest BCUT2D eigenvalue weighted by Gasteiger charge is 2.25. The summed E-state index contributed by atoms with van der Waals surface area (Å²) in [4.78, 5) is 0. The van der Waals surface area contributed by atoms with Crippen molar-refractivity contribution in [2.75, 3.05) is 11.1 Å². The standard InChI is InChI=1S/C11H19N3S/c1-7-11(8(2)14(4)13-7)12-10-5-6-15-9(10)3/h9-10,12H,5-6H2,1-4H3. The molecular weight excluding hydrogens is 206 g/mol. The van der Waals surface area contributed by atoms with Gasteiger partial charge in [-0.3, -0.25) is 4.68 Å². The first-order valence-corrected chi connectivity index (χ1v) is 6.53. The summed E-state index contributed by atoms with van der Waals surface area (Å²) in [5.41, 5.74) is 3.58. The van der Waals surface area contributed by atoms with Gasteiger partial charge < -0.3 is 5.32 Å². The number of aromatic nitrogens is 2. The molecule has 2 unspecified atom stereocenters. The summed E-state index contributed by atoms with van der Waals surface area (Å²) in [7, 11) is 2.00. The average Bonchev–Trinajstić information content (AvgIpc) is 2.67. The number of aryl methyl sites for hydroxylation is 2. The summed E-state index contributed by atoms with van der Waals surface area (Å²) in [5, 5.41) is 8.78. The van der Waals surface area contributed by atoms with E-state index in [-0.39, 0.29) is 0 Å². The lowest BCUT2D eigenvalue weighted by Gasteiger charge is -2.18. The van der Waals surface area contributed by atoms with Gasteiger partial charge in [-0.25, -0.2) is 0 Å². The molecule has 1 aliphatic heterocycles. The van der Waals surface area contributed by atoms with E-state index in [1.165, 1.54) is 23.6 Å². The summed E-state index contributed by atoms with van der Waals surface area (Å²) < 4.78 is 1.95. The molecule has 4 heteroatoms. The molecule has 0 radical (unpaired) electrons. The van der Waals surface area contributed by atoms with E-state index in [2.05, 4.69) is 42.9 Å². The number of nitrogens with one attached hydrogen (secondary N) is 1. The van der Waals surface area contributed by atoms with Crippen LogP contribution in [-0.2, 0) is 7.05 Å². The largest absolute Gasteiger partial charge is 0.378 e. The zero-order valence-electron chi connectivity index (χ0n) is 9.87. The highest BCUT2D eigenvalue weighted by molar-refractivity contribution is 8.00. The molecule has 0 aromatic carbocycles. The van der Waals surface area contributed by atoms with E-state index in [4.69, 9.17) is 0 Å². The van der Waals surface area contributed by atoms with Crippen LogP contribution in [0, 0.1) is 13.8 Å². The molecule has 15 heavy (non-hydrogen) atoms. The second-order valence-corrected chi connectivity index (χ2v) is 5.77. The molecule has 1 aromatic rings. The van der Waals surface area contributed by atoms with E-state index < -0.39 is 0 Å². The summed E-state index contributed by atoms with van der Waals surface area (Å²) in [6.45, 7) is 6.49. The quantitative estimate of drug-likeness (QED) is 0.838. The Bertz CT molecular complexity index is 359. The normalized spacial score (nSPS) is 25.9. The molecule has 3 nitrogen and oxygen atoms in total. The summed E-state index contributed by atoms with van der Waals surface area (Å²) >= 11 is 2.05. The molecule has 0 amide bonds. The Morgan fingerprint density at radius 1 is 1.47 bits per heavy atom. The van der Waals surface area contributed by atoms with E-state index in [9.17, 15) is 0 Å². The van der Waals surface area contributed by atoms with Crippen molar-refractivity contribution in [1.82, 2.24) is 9.78 Å². The Balaban J connectivity index is 2.16. The second-order valence-electron chi connectivity index (χ2n) is 4.28. The molecule has 1 fully saturated rings. The van der Waals surface area contributed by atoms with E-state index in [1.54, 1.807) is 0 Å². The minimum Gasteiger partial charge on any atom is -0.378 e. The van der Waals surface area contributed by atoms with Crippen molar-refractivity contribution in [1.29, 1.82) is 0 Å². The molecular formula is C11H19N3S. The van der Waals surface area contributed by atoms with Crippen molar-refractivity contribution in [2.45, 2.75) is 38.5 Å². The predicted molar refractivity (Wildman–Crippen MR) is 66.6 cm³/mol. The first kappa shape index (κ1) is 10.9. The summed E-state index contributed by atoms with van der Waals surface area (Å²) in [6.07, 6.45) is 1.26. The minimum atomic E-state index is 0.608. The van der Waals surface area contributed by atoms with Gasteiger partial charge in [0.25, 0.3) is 0 Å². The van der Waals surface area contributed by atoms with Crippen LogP contribution in [0.5, 0.6) is 0 Å². The van der Waals surface area contributed by atoms with Crippen molar-refractivity contribution in [3.63, 3.8) is 0 Å². The van der Waals surface area contributed by atoms with Crippen LogP contribution in [0.4, 0.5) is 5.69 Å². The zero-order chi connectivity index (χ0) is 11.0. The fourth-order valence-corrected chi connectivity index (χ4v) is 3.29. The number of thioether (sulfide) groups is 1. The third-order valence-electron chi connectivity index (χ3n) is 3.21. The third-order valence-corrected chi connectivity index (χ3v) is 4.54. The van der Waals surface area contributed by atoms with E-state index in [0.29, 0.717) is 11.3 Å². The second kappa shape index (κ2) is 4.08. The van der Waals surface area contributed by atoms with E-state index in [0.717, 1.165) is 5.69 Å². The van der Waals surface area contributed by atoms with Gasteiger partial charge in [-0.2, -0.15) is 16.9 Å². The number of rotatable bonds is 2. The zero-order valence-corrected chi connectivity index (χ0v) is 10.7. The van der Waals surface area contributed by atoms with E-state index >= 15 is 0 Å². The van der Waals surface area contributed by atoms with Crippen LogP contribution in [0.25, 0.3) is 0 Å². The molecule has 2 heterocycles. The Hall–Kier alpha value is -0.640. The smallest absolute Gasteiger partial charge is 0.0827 e. The Morgan fingerprint density at radius 2 is 2.20 bits per heavy atom. The molecule has 0 spiro atoms. The molecule has 0 saturated carbocycles. The van der Waals surface area contributed by atoms with Crippen molar-refractivity contribution in [3.05, 3.63) is 11.4 Å². The first-order valence-electron chi connectivity index (χ1n) is 5.48. The van der Waals surface area contributed by atoms with Crippen LogP contribution in [-0.4, -0.2) is 26.8 Å². The van der Waals surface area contributed by atoms with Crippen molar-refractivity contribution >= 4 is 17.4 Å². The number of nitrogens with zero attached hydrogens (tertiary/aromatic N) is 2. The maximum absolute atomic E-state index is 4.43. The molecule has 84 valence electrons. The fourth-order valence-electron chi connectivity index (χ4n) is 2.09. The van der Waals surface area contributed by atoms with Gasteiger partial charge in [-0.1, -0.05) is 6.92 Å². The van der Waals surface area contributed by atoms with Crippen LogP contribution in [0.15, 0.2) is 0 Å². The minimum absolute atomic E-state index is 0.608. The molecule has 0 bridgehead atoms. The van der Waals surface area contributed by atoms with Crippen LogP contribution < -0.4 is 5.32 Å². The SMILES string of the molecule is Cc1nn(C)c(C)c1NC1CCSC1C. The maximum Gasteiger partial charge on any atom is 0.0827 e. The number of anilines is 1. The summed E-state index contributed by atoms with van der Waals surface area (Å²) in [5.74, 6) is 1.27. The Kier molecular flexibility index (Phi) is 2.96. The third kappa shape index (κ3) is 2.00. The predicted octanol–water partition coefficient (Wildman–Crippen LogP) is 2.34. The van der Waals surface area contributed by atoms with Gasteiger partial charge in [-0.05, 0) is 26.0 Å². The van der Waals surface area contributed by atoms with Gasteiger partial charge in [-0.15, -0.1) is 0 Å². The van der Waals surface area contributed by atoms with Gasteiger partial charge >= 0.3 is 0 Å². The van der Waals surface area contributed by atoms with Gasteiger partial charge in [0.1, 0.15) is 0 Å². The van der Waals surface area contributed by atoms with E-state index in [1.807, 2.05) is 11.7 Å². The van der Waals surface area contributed by atoms with Crippen LogP contribution in [0.3, 0.4) is 0 Å². The van der Waals surface area contributed by atoms with Gasteiger partial charge in [0.2, 0.25) is 0 Å². The van der Waals surface area contributed by atoms with Crippen LogP contribution >= 0.6 is 11.8 Å². The monoisotopic (exact) mass is 225 g/mol. The Morgan fingerprint density at radius 3 is 2.67 bits per heavy atom. The highest BCUT2D eigenvalue weighted by Crippen LogP contribution is 2.30. The summed E-state index contributed by atoms with van der Waals surface area (Å²) in [6, 6.07) is 0.608. The van der Waals surface area contributed by atoms with Gasteiger partial charge in [0.05, 0.1) is 17.1 Å². The van der Waals surface area contributed by atoms with Gasteiger partial charge in [0.15, 0.2) is 0 Å². The fraction of sp³-hybridized carbons (Fsp3) is 0.727. The molecule has 0 aliphatic carbocycles. The lowest BCUT2D eigenvalue weighted by atomic mass is 10.1. The lowest BCUT2D eigenvalue weighted by molar-refractivity contribution is 0.718. The van der Waals surface area contributed by atoms with Crippen molar-refractivity contribution in [2.24, 2.45) is 7.05 Å². The van der Waals surface area contributed by atoms with Crippen molar-refractivity contribution in [3.8, 4) is 0 Å². The molecule has 1 aromatic heterocycles. The topological polar surface area (TPSA) is 29.9 Å². The highest BCUT2D eigenvalue weighted by atomic mass is 32.2. The molecule has 1 aliphatic rings. The molecule has 2 atom stereocenters. The maximum atomic E-state index is 4.43. The van der Waals surface area contributed by atoms with Gasteiger partial charge in [0, 0.05) is 18.3 Å².